The molecule has 1 amide bonds. The molecule has 152 valence electrons. The fourth-order valence-electron chi connectivity index (χ4n) is 3.55. The van der Waals surface area contributed by atoms with Gasteiger partial charge in [0.1, 0.15) is 0 Å². The Hall–Kier alpha value is -2.05. The minimum Gasteiger partial charge on any atom is -0.345 e. The van der Waals surface area contributed by atoms with Gasteiger partial charge in [-0.15, -0.1) is 11.8 Å². The predicted molar refractivity (Wildman–Crippen MR) is 124 cm³/mol. The van der Waals surface area contributed by atoms with Crippen molar-refractivity contribution in [1.82, 2.24) is 9.88 Å². The second-order valence-corrected chi connectivity index (χ2v) is 9.81. The maximum absolute atomic E-state index is 12.6. The van der Waals surface area contributed by atoms with Crippen molar-refractivity contribution in [2.24, 2.45) is 0 Å². The van der Waals surface area contributed by atoms with Crippen LogP contribution in [0, 0.1) is 20.8 Å². The third-order valence-electron chi connectivity index (χ3n) is 5.58. The van der Waals surface area contributed by atoms with Crippen molar-refractivity contribution < 1.29 is 4.79 Å². The zero-order chi connectivity index (χ0) is 20.4. The summed E-state index contributed by atoms with van der Waals surface area (Å²) in [6.45, 7) is 9.64. The van der Waals surface area contributed by atoms with Gasteiger partial charge in [0.05, 0.1) is 10.2 Å². The number of hydrogen-bond donors (Lipinski definition) is 0. The van der Waals surface area contributed by atoms with Gasteiger partial charge in [-0.3, -0.25) is 4.79 Å². The standard InChI is InChI=1S/C23H27N3OS2/c1-16-4-7-19(8-5-16)28-15-10-21(27)25-11-13-26(14-12-25)23-24-22-18(3)17(2)6-9-20(22)29-23/h4-9H,10-15H2,1-3H3. The molecule has 1 aliphatic heterocycles. The number of fused-ring (bicyclic) bond motifs is 1. The van der Waals surface area contributed by atoms with Crippen LogP contribution in [-0.4, -0.2) is 47.7 Å². The van der Waals surface area contributed by atoms with Crippen LogP contribution in [0.2, 0.25) is 0 Å². The molecule has 1 fully saturated rings. The van der Waals surface area contributed by atoms with Crippen LogP contribution in [-0.2, 0) is 4.79 Å². The number of amides is 1. The zero-order valence-corrected chi connectivity index (χ0v) is 18.9. The number of thiazole rings is 1. The molecule has 0 N–H and O–H groups in total. The van der Waals surface area contributed by atoms with E-state index >= 15 is 0 Å². The molecule has 0 atom stereocenters. The van der Waals surface area contributed by atoms with Gasteiger partial charge in [0.25, 0.3) is 0 Å². The fourth-order valence-corrected chi connectivity index (χ4v) is 5.46. The number of nitrogens with zero attached hydrogens (tertiary/aromatic N) is 3. The lowest BCUT2D eigenvalue weighted by Crippen LogP contribution is -2.48. The second kappa shape index (κ2) is 8.76. The molecule has 2 aromatic carbocycles. The Morgan fingerprint density at radius 3 is 2.48 bits per heavy atom. The van der Waals surface area contributed by atoms with Crippen LogP contribution >= 0.6 is 23.1 Å². The van der Waals surface area contributed by atoms with E-state index < -0.39 is 0 Å². The molecular weight excluding hydrogens is 398 g/mol. The van der Waals surface area contributed by atoms with Crippen LogP contribution in [0.15, 0.2) is 41.3 Å². The number of carbonyl (C=O) groups is 1. The van der Waals surface area contributed by atoms with Crippen molar-refractivity contribution in [3.63, 3.8) is 0 Å². The largest absolute Gasteiger partial charge is 0.345 e. The summed E-state index contributed by atoms with van der Waals surface area (Å²) in [5.74, 6) is 1.10. The Kier molecular flexibility index (Phi) is 6.11. The van der Waals surface area contributed by atoms with Gasteiger partial charge in [0, 0.05) is 43.2 Å². The Morgan fingerprint density at radius 2 is 1.76 bits per heavy atom. The van der Waals surface area contributed by atoms with Crippen molar-refractivity contribution in [3.8, 4) is 0 Å². The summed E-state index contributed by atoms with van der Waals surface area (Å²) >= 11 is 3.51. The molecule has 0 unspecified atom stereocenters. The molecule has 2 heterocycles. The highest BCUT2D eigenvalue weighted by atomic mass is 32.2. The Bertz CT molecular complexity index is 1000. The minimum atomic E-state index is 0.264. The van der Waals surface area contributed by atoms with E-state index in [0.717, 1.165) is 42.6 Å². The van der Waals surface area contributed by atoms with Gasteiger partial charge >= 0.3 is 0 Å². The Labute approximate surface area is 180 Å². The van der Waals surface area contributed by atoms with Gasteiger partial charge in [-0.1, -0.05) is 35.1 Å². The molecule has 3 aromatic rings. The first-order valence-corrected chi connectivity index (χ1v) is 11.9. The number of thioether (sulfide) groups is 1. The molecular formula is C23H27N3OS2. The Balaban J connectivity index is 1.29. The number of anilines is 1. The van der Waals surface area contributed by atoms with Crippen LogP contribution < -0.4 is 4.90 Å². The van der Waals surface area contributed by atoms with Crippen molar-refractivity contribution >= 4 is 44.4 Å². The van der Waals surface area contributed by atoms with E-state index in [4.69, 9.17) is 4.98 Å². The van der Waals surface area contributed by atoms with Crippen LogP contribution in [0.25, 0.3) is 10.2 Å². The van der Waals surface area contributed by atoms with Crippen molar-refractivity contribution in [2.75, 3.05) is 36.8 Å². The Morgan fingerprint density at radius 1 is 1.03 bits per heavy atom. The first-order chi connectivity index (χ1) is 14.0. The summed E-state index contributed by atoms with van der Waals surface area (Å²) in [5.41, 5.74) is 4.94. The monoisotopic (exact) mass is 425 g/mol. The molecule has 4 rings (SSSR count). The van der Waals surface area contributed by atoms with E-state index in [1.54, 1.807) is 23.1 Å². The average molecular weight is 426 g/mol. The quantitative estimate of drug-likeness (QED) is 0.536. The van der Waals surface area contributed by atoms with Crippen LogP contribution in [0.4, 0.5) is 5.13 Å². The predicted octanol–water partition coefficient (Wildman–Crippen LogP) is 5.05. The van der Waals surface area contributed by atoms with E-state index in [0.29, 0.717) is 6.42 Å². The second-order valence-electron chi connectivity index (χ2n) is 7.63. The highest BCUT2D eigenvalue weighted by molar-refractivity contribution is 7.99. The summed E-state index contributed by atoms with van der Waals surface area (Å²) in [5, 5.41) is 1.08. The maximum atomic E-state index is 12.6. The smallest absolute Gasteiger partial charge is 0.223 e. The van der Waals surface area contributed by atoms with Crippen molar-refractivity contribution in [2.45, 2.75) is 32.1 Å². The van der Waals surface area contributed by atoms with Gasteiger partial charge < -0.3 is 9.80 Å². The lowest BCUT2D eigenvalue weighted by Gasteiger charge is -2.34. The lowest BCUT2D eigenvalue weighted by atomic mass is 10.1. The summed E-state index contributed by atoms with van der Waals surface area (Å²) in [6, 6.07) is 12.8. The van der Waals surface area contributed by atoms with Gasteiger partial charge in [-0.25, -0.2) is 4.98 Å². The van der Waals surface area contributed by atoms with Crippen molar-refractivity contribution in [3.05, 3.63) is 53.1 Å². The fraction of sp³-hybridized carbons (Fsp3) is 0.391. The highest BCUT2D eigenvalue weighted by Crippen LogP contribution is 2.32. The van der Waals surface area contributed by atoms with E-state index in [2.05, 4.69) is 62.1 Å². The van der Waals surface area contributed by atoms with E-state index in [9.17, 15) is 4.79 Å². The molecule has 1 saturated heterocycles. The number of carbonyl (C=O) groups excluding carboxylic acids is 1. The first kappa shape index (κ1) is 20.2. The summed E-state index contributed by atoms with van der Waals surface area (Å²) in [7, 11) is 0. The van der Waals surface area contributed by atoms with Gasteiger partial charge in [-0.05, 0) is 50.1 Å². The topological polar surface area (TPSA) is 36.4 Å². The molecule has 6 heteroatoms. The SMILES string of the molecule is Cc1ccc(SCCC(=O)N2CCN(c3nc4c(C)c(C)ccc4s3)CC2)cc1. The van der Waals surface area contributed by atoms with Gasteiger partial charge in [0.2, 0.25) is 5.91 Å². The molecule has 0 aliphatic carbocycles. The minimum absolute atomic E-state index is 0.264. The third kappa shape index (κ3) is 4.59. The van der Waals surface area contributed by atoms with Gasteiger partial charge in [-0.2, -0.15) is 0 Å². The summed E-state index contributed by atoms with van der Waals surface area (Å²) in [6.07, 6.45) is 0.595. The van der Waals surface area contributed by atoms with Gasteiger partial charge in [0.15, 0.2) is 5.13 Å². The molecule has 1 aromatic heterocycles. The molecule has 0 bridgehead atoms. The summed E-state index contributed by atoms with van der Waals surface area (Å²) < 4.78 is 1.25. The number of hydrogen-bond acceptors (Lipinski definition) is 5. The zero-order valence-electron chi connectivity index (χ0n) is 17.3. The molecule has 0 radical (unpaired) electrons. The molecule has 1 aliphatic rings. The van der Waals surface area contributed by atoms with Crippen LogP contribution in [0.3, 0.4) is 0 Å². The molecule has 29 heavy (non-hydrogen) atoms. The normalized spacial score (nSPS) is 14.6. The molecule has 0 saturated carbocycles. The lowest BCUT2D eigenvalue weighted by molar-refractivity contribution is -0.131. The van der Waals surface area contributed by atoms with Crippen molar-refractivity contribution in [1.29, 1.82) is 0 Å². The molecule has 0 spiro atoms. The molecule has 4 nitrogen and oxygen atoms in total. The van der Waals surface area contributed by atoms with E-state index in [1.165, 1.54) is 26.3 Å². The number of aryl methyl sites for hydroxylation is 3. The summed E-state index contributed by atoms with van der Waals surface area (Å²) in [4.78, 5) is 23.0. The number of aromatic nitrogens is 1. The highest BCUT2D eigenvalue weighted by Gasteiger charge is 2.23. The maximum Gasteiger partial charge on any atom is 0.223 e. The van der Waals surface area contributed by atoms with E-state index in [1.807, 2.05) is 4.90 Å². The van der Waals surface area contributed by atoms with Crippen LogP contribution in [0.5, 0.6) is 0 Å². The first-order valence-electron chi connectivity index (χ1n) is 10.1. The third-order valence-corrected chi connectivity index (χ3v) is 7.68. The van der Waals surface area contributed by atoms with Crippen LogP contribution in [0.1, 0.15) is 23.1 Å². The van der Waals surface area contributed by atoms with E-state index in [-0.39, 0.29) is 5.91 Å². The number of rotatable bonds is 5. The number of piperazine rings is 1. The average Bonchev–Trinajstić information content (AvgIpc) is 3.17. The number of benzene rings is 2.